The van der Waals surface area contributed by atoms with E-state index in [4.69, 9.17) is 9.62 Å². The molecule has 4 rings (SSSR count). The maximum absolute atomic E-state index is 4.90. The number of rotatable bonds is 4. The Morgan fingerprint density at radius 2 is 2.00 bits per heavy atom. The van der Waals surface area contributed by atoms with E-state index in [9.17, 15) is 0 Å². The summed E-state index contributed by atoms with van der Waals surface area (Å²) in [5.41, 5.74) is 1.65. The Kier molecular flexibility index (Phi) is 3.72. The van der Waals surface area contributed by atoms with Crippen LogP contribution in [-0.4, -0.2) is 56.0 Å². The van der Waals surface area contributed by atoms with E-state index in [1.807, 2.05) is 22.7 Å². The van der Waals surface area contributed by atoms with Gasteiger partial charge in [0.15, 0.2) is 11.5 Å². The van der Waals surface area contributed by atoms with Gasteiger partial charge in [0.2, 0.25) is 0 Å². The highest BCUT2D eigenvalue weighted by molar-refractivity contribution is 5.48. The zero-order valence-corrected chi connectivity index (χ0v) is 15.0. The first-order chi connectivity index (χ1) is 11.9. The third-order valence-corrected chi connectivity index (χ3v) is 4.63. The van der Waals surface area contributed by atoms with Gasteiger partial charge >= 0.3 is 0 Å². The molecular formula is C17H23N7O. The van der Waals surface area contributed by atoms with Crippen molar-refractivity contribution < 1.29 is 4.52 Å². The summed E-state index contributed by atoms with van der Waals surface area (Å²) >= 11 is 0. The molecule has 0 aliphatic carbocycles. The molecule has 3 aromatic heterocycles. The first-order valence-corrected chi connectivity index (χ1v) is 8.49. The molecule has 1 saturated heterocycles. The van der Waals surface area contributed by atoms with Gasteiger partial charge in [0.05, 0.1) is 5.69 Å². The van der Waals surface area contributed by atoms with Gasteiger partial charge in [0.1, 0.15) is 12.1 Å². The summed E-state index contributed by atoms with van der Waals surface area (Å²) in [4.78, 5) is 4.57. The van der Waals surface area contributed by atoms with Gasteiger partial charge in [0, 0.05) is 37.2 Å². The lowest BCUT2D eigenvalue weighted by Crippen LogP contribution is -2.58. The molecule has 0 atom stereocenters. The maximum Gasteiger partial charge on any atom is 0.178 e. The first-order valence-electron chi connectivity index (χ1n) is 8.49. The zero-order valence-electron chi connectivity index (χ0n) is 15.0. The number of hydrogen-bond donors (Lipinski definition) is 0. The van der Waals surface area contributed by atoms with E-state index >= 15 is 0 Å². The van der Waals surface area contributed by atoms with Crippen LogP contribution in [0.25, 0.3) is 5.65 Å². The lowest BCUT2D eigenvalue weighted by molar-refractivity contribution is 0.192. The molecule has 0 aromatic carbocycles. The van der Waals surface area contributed by atoms with E-state index < -0.39 is 0 Å². The molecule has 8 nitrogen and oxygen atoms in total. The smallest absolute Gasteiger partial charge is 0.178 e. The van der Waals surface area contributed by atoms with Crippen molar-refractivity contribution in [3.05, 3.63) is 36.0 Å². The van der Waals surface area contributed by atoms with Crippen molar-refractivity contribution in [3.8, 4) is 0 Å². The fourth-order valence-electron chi connectivity index (χ4n) is 3.04. The molecule has 1 aliphatic heterocycles. The summed E-state index contributed by atoms with van der Waals surface area (Å²) in [5.74, 6) is 1.84. The Bertz CT molecular complexity index is 859. The van der Waals surface area contributed by atoms with Crippen LogP contribution in [0.5, 0.6) is 0 Å². The molecule has 25 heavy (non-hydrogen) atoms. The van der Waals surface area contributed by atoms with Gasteiger partial charge in [-0.05, 0) is 19.2 Å². The molecule has 0 N–H and O–H groups in total. The molecule has 0 amide bonds. The average molecular weight is 341 g/mol. The van der Waals surface area contributed by atoms with Crippen molar-refractivity contribution in [1.82, 2.24) is 29.9 Å². The standard InChI is InChI=1S/C17H23N7O/c1-17(2,3)16-19-18-14-5-6-15(20-24(14)16)23-10-13(11-23)22(4)9-12-7-8-25-21-12/h5-8,13H,9-11H2,1-4H3. The Labute approximate surface area is 146 Å². The third kappa shape index (κ3) is 2.97. The number of aromatic nitrogens is 5. The van der Waals surface area contributed by atoms with Gasteiger partial charge in [-0.1, -0.05) is 25.9 Å². The van der Waals surface area contributed by atoms with Crippen molar-refractivity contribution >= 4 is 11.5 Å². The number of nitrogens with zero attached hydrogens (tertiary/aromatic N) is 7. The minimum absolute atomic E-state index is 0.0969. The van der Waals surface area contributed by atoms with Crippen LogP contribution in [0.4, 0.5) is 5.82 Å². The van der Waals surface area contributed by atoms with Crippen LogP contribution in [0.1, 0.15) is 32.3 Å². The molecular weight excluding hydrogens is 318 g/mol. The monoisotopic (exact) mass is 341 g/mol. The summed E-state index contributed by atoms with van der Waals surface area (Å²) in [6.07, 6.45) is 1.61. The Balaban J connectivity index is 1.47. The molecule has 0 bridgehead atoms. The number of hydrogen-bond acceptors (Lipinski definition) is 7. The second-order valence-corrected chi connectivity index (χ2v) is 7.70. The number of fused-ring (bicyclic) bond motifs is 1. The van der Waals surface area contributed by atoms with Gasteiger partial charge in [-0.2, -0.15) is 4.52 Å². The molecule has 0 spiro atoms. The summed E-state index contributed by atoms with van der Waals surface area (Å²) < 4.78 is 6.76. The third-order valence-electron chi connectivity index (χ3n) is 4.63. The minimum Gasteiger partial charge on any atom is -0.364 e. The van der Waals surface area contributed by atoms with Crippen molar-refractivity contribution in [1.29, 1.82) is 0 Å². The van der Waals surface area contributed by atoms with Crippen molar-refractivity contribution in [3.63, 3.8) is 0 Å². The maximum atomic E-state index is 4.90. The first kappa shape index (κ1) is 16.0. The van der Waals surface area contributed by atoms with Crippen molar-refractivity contribution in [2.75, 3.05) is 25.0 Å². The highest BCUT2D eigenvalue weighted by Gasteiger charge is 2.32. The lowest BCUT2D eigenvalue weighted by Gasteiger charge is -2.44. The predicted octanol–water partition coefficient (Wildman–Crippen LogP) is 1.73. The molecule has 1 aliphatic rings. The van der Waals surface area contributed by atoms with E-state index in [0.717, 1.165) is 42.6 Å². The Morgan fingerprint density at radius 3 is 2.68 bits per heavy atom. The predicted molar refractivity (Wildman–Crippen MR) is 93.5 cm³/mol. The van der Waals surface area contributed by atoms with Crippen LogP contribution in [0, 0.1) is 0 Å². The van der Waals surface area contributed by atoms with E-state index in [-0.39, 0.29) is 5.41 Å². The van der Waals surface area contributed by atoms with Crippen LogP contribution in [0.2, 0.25) is 0 Å². The van der Waals surface area contributed by atoms with E-state index in [0.29, 0.717) is 6.04 Å². The molecule has 4 heterocycles. The van der Waals surface area contributed by atoms with Gasteiger partial charge in [-0.3, -0.25) is 4.90 Å². The van der Waals surface area contributed by atoms with Crippen LogP contribution >= 0.6 is 0 Å². The van der Waals surface area contributed by atoms with E-state index in [2.05, 4.69) is 53.0 Å². The second kappa shape index (κ2) is 5.80. The number of likely N-dealkylation sites (N-methyl/N-ethyl adjacent to an activating group) is 1. The van der Waals surface area contributed by atoms with E-state index in [1.54, 1.807) is 6.26 Å². The Morgan fingerprint density at radius 1 is 1.20 bits per heavy atom. The van der Waals surface area contributed by atoms with Gasteiger partial charge < -0.3 is 9.42 Å². The quantitative estimate of drug-likeness (QED) is 0.715. The normalized spacial score (nSPS) is 16.0. The largest absolute Gasteiger partial charge is 0.364 e. The highest BCUT2D eigenvalue weighted by Crippen LogP contribution is 2.25. The van der Waals surface area contributed by atoms with Crippen molar-refractivity contribution in [2.45, 2.75) is 38.8 Å². The van der Waals surface area contributed by atoms with Crippen LogP contribution in [0.3, 0.4) is 0 Å². The SMILES string of the molecule is CN(Cc1ccon1)C1CN(c2ccc3nnc(C(C)(C)C)n3n2)C1. The highest BCUT2D eigenvalue weighted by atomic mass is 16.5. The fourth-order valence-corrected chi connectivity index (χ4v) is 3.04. The summed E-state index contributed by atoms with van der Waals surface area (Å²) in [7, 11) is 2.12. The molecule has 1 fully saturated rings. The topological polar surface area (TPSA) is 75.6 Å². The average Bonchev–Trinajstić information content (AvgIpc) is 3.13. The van der Waals surface area contributed by atoms with Crippen molar-refractivity contribution in [2.24, 2.45) is 0 Å². The minimum atomic E-state index is -0.0969. The summed E-state index contributed by atoms with van der Waals surface area (Å²) in [6, 6.07) is 6.39. The molecule has 8 heteroatoms. The number of anilines is 1. The zero-order chi connectivity index (χ0) is 17.6. The molecule has 0 unspecified atom stereocenters. The Hall–Kier alpha value is -2.48. The second-order valence-electron chi connectivity index (χ2n) is 7.70. The van der Waals surface area contributed by atoms with Gasteiger partial charge in [-0.25, -0.2) is 0 Å². The molecule has 132 valence electrons. The van der Waals surface area contributed by atoms with Crippen LogP contribution in [0.15, 0.2) is 29.0 Å². The van der Waals surface area contributed by atoms with E-state index in [1.165, 1.54) is 0 Å². The van der Waals surface area contributed by atoms with Gasteiger partial charge in [0.25, 0.3) is 0 Å². The molecule has 0 radical (unpaired) electrons. The van der Waals surface area contributed by atoms with Crippen LogP contribution < -0.4 is 4.90 Å². The van der Waals surface area contributed by atoms with Crippen LogP contribution in [-0.2, 0) is 12.0 Å². The summed E-state index contributed by atoms with van der Waals surface area (Å²) in [6.45, 7) is 9.05. The molecule has 0 saturated carbocycles. The fraction of sp³-hybridized carbons (Fsp3) is 0.529. The van der Waals surface area contributed by atoms with Gasteiger partial charge in [-0.15, -0.1) is 15.3 Å². The lowest BCUT2D eigenvalue weighted by atomic mass is 9.96. The molecule has 3 aromatic rings. The summed E-state index contributed by atoms with van der Waals surface area (Å²) in [5, 5.41) is 17.3.